The van der Waals surface area contributed by atoms with Crippen LogP contribution in [-0.2, 0) is 19.6 Å². The van der Waals surface area contributed by atoms with Crippen LogP contribution in [-0.4, -0.2) is 37.9 Å². The van der Waals surface area contributed by atoms with Gasteiger partial charge in [0, 0.05) is 12.6 Å². The van der Waals surface area contributed by atoms with Gasteiger partial charge in [-0.1, -0.05) is 35.9 Å². The van der Waals surface area contributed by atoms with Crippen LogP contribution in [0.15, 0.2) is 54.0 Å². The molecule has 4 atom stereocenters. The lowest BCUT2D eigenvalue weighted by molar-refractivity contribution is -0.150. The number of fused-ring (bicyclic) bond motifs is 2. The number of allylic oxidation sites excluding steroid dienone is 1. The van der Waals surface area contributed by atoms with E-state index in [-0.39, 0.29) is 35.9 Å². The van der Waals surface area contributed by atoms with Gasteiger partial charge in [0.15, 0.2) is 0 Å². The van der Waals surface area contributed by atoms with E-state index < -0.39 is 22.0 Å². The third-order valence-corrected chi connectivity index (χ3v) is 7.12. The molecule has 2 aliphatic rings. The first kappa shape index (κ1) is 18.9. The van der Waals surface area contributed by atoms with Crippen molar-refractivity contribution in [2.75, 3.05) is 13.2 Å². The summed E-state index contributed by atoms with van der Waals surface area (Å²) in [5.41, 5.74) is 0.992. The molecule has 0 spiro atoms. The maximum absolute atomic E-state index is 13.3. The van der Waals surface area contributed by atoms with Gasteiger partial charge in [0.25, 0.3) is 0 Å². The molecular formula is C20H25NO4S. The summed E-state index contributed by atoms with van der Waals surface area (Å²) in [6.07, 6.45) is 6.41. The van der Waals surface area contributed by atoms with Gasteiger partial charge in [0.1, 0.15) is 0 Å². The summed E-state index contributed by atoms with van der Waals surface area (Å²) in [6.45, 7) is 7.85. The number of ether oxygens (including phenoxy) is 1. The van der Waals surface area contributed by atoms with Crippen molar-refractivity contribution in [1.29, 1.82) is 0 Å². The number of hydrogen-bond acceptors (Lipinski definition) is 4. The first-order valence-corrected chi connectivity index (χ1v) is 10.4. The van der Waals surface area contributed by atoms with Gasteiger partial charge in [0.05, 0.1) is 17.4 Å². The molecule has 2 bridgehead atoms. The molecule has 5 nitrogen and oxygen atoms in total. The zero-order valence-corrected chi connectivity index (χ0v) is 16.0. The molecule has 1 aromatic carbocycles. The van der Waals surface area contributed by atoms with E-state index in [2.05, 4.69) is 6.58 Å². The number of benzene rings is 1. The van der Waals surface area contributed by atoms with Gasteiger partial charge in [-0.05, 0) is 44.2 Å². The summed E-state index contributed by atoms with van der Waals surface area (Å²) < 4.78 is 33.3. The van der Waals surface area contributed by atoms with Crippen molar-refractivity contribution in [3.63, 3.8) is 0 Å². The summed E-state index contributed by atoms with van der Waals surface area (Å²) in [7, 11) is -3.75. The van der Waals surface area contributed by atoms with Crippen LogP contribution in [0.2, 0.25) is 0 Å². The number of nitrogens with zero attached hydrogens (tertiary/aromatic N) is 1. The van der Waals surface area contributed by atoms with Gasteiger partial charge < -0.3 is 4.74 Å². The predicted molar refractivity (Wildman–Crippen MR) is 99.9 cm³/mol. The van der Waals surface area contributed by atoms with E-state index in [1.54, 1.807) is 37.3 Å². The van der Waals surface area contributed by atoms with Gasteiger partial charge >= 0.3 is 5.97 Å². The molecule has 0 aliphatic heterocycles. The molecule has 6 heteroatoms. The highest BCUT2D eigenvalue weighted by molar-refractivity contribution is 7.89. The second kappa shape index (κ2) is 7.37. The highest BCUT2D eigenvalue weighted by atomic mass is 32.2. The third-order valence-electron chi connectivity index (χ3n) is 5.25. The highest BCUT2D eigenvalue weighted by Gasteiger charge is 2.53. The number of aryl methyl sites for hydroxylation is 1. The molecule has 0 radical (unpaired) electrons. The van der Waals surface area contributed by atoms with E-state index in [4.69, 9.17) is 4.74 Å². The van der Waals surface area contributed by atoms with Crippen LogP contribution in [0.3, 0.4) is 0 Å². The Morgan fingerprint density at radius 2 is 1.92 bits per heavy atom. The fourth-order valence-corrected chi connectivity index (χ4v) is 5.75. The molecule has 1 saturated carbocycles. The number of rotatable bonds is 7. The Bertz CT molecular complexity index is 813. The monoisotopic (exact) mass is 375 g/mol. The molecule has 1 fully saturated rings. The Morgan fingerprint density at radius 3 is 2.54 bits per heavy atom. The molecular weight excluding hydrogens is 350 g/mol. The number of carbonyl (C=O) groups is 1. The fourth-order valence-electron chi connectivity index (χ4n) is 4.09. The zero-order valence-electron chi connectivity index (χ0n) is 15.2. The van der Waals surface area contributed by atoms with Crippen LogP contribution in [0.25, 0.3) is 0 Å². The van der Waals surface area contributed by atoms with Crippen LogP contribution in [0.4, 0.5) is 0 Å². The van der Waals surface area contributed by atoms with Gasteiger partial charge in [-0.3, -0.25) is 4.79 Å². The first-order chi connectivity index (χ1) is 12.4. The average Bonchev–Trinajstić information content (AvgIpc) is 3.21. The standard InChI is InChI=1S/C20H25NO4S/c1-4-12-21(26(23,24)17-10-6-14(3)7-11-17)19-16-9-8-15(13-16)18(19)20(22)25-5-2/h4,6-11,15-16,18-19H,1,5,12-13H2,2-3H3/t15-,16+,18+,19+/m0/s1. The van der Waals surface area contributed by atoms with Crippen molar-refractivity contribution < 1.29 is 17.9 Å². The van der Waals surface area contributed by atoms with E-state index in [9.17, 15) is 13.2 Å². The number of esters is 1. The van der Waals surface area contributed by atoms with Gasteiger partial charge in [-0.25, -0.2) is 8.42 Å². The van der Waals surface area contributed by atoms with Gasteiger partial charge in [-0.2, -0.15) is 4.31 Å². The topological polar surface area (TPSA) is 63.7 Å². The summed E-state index contributed by atoms with van der Waals surface area (Å²) >= 11 is 0. The first-order valence-electron chi connectivity index (χ1n) is 8.94. The zero-order chi connectivity index (χ0) is 18.9. The quantitative estimate of drug-likeness (QED) is 0.543. The van der Waals surface area contributed by atoms with Crippen LogP contribution in [0.1, 0.15) is 18.9 Å². The Labute approximate surface area is 155 Å². The van der Waals surface area contributed by atoms with Crippen LogP contribution in [0, 0.1) is 24.7 Å². The minimum absolute atomic E-state index is 0.0228. The maximum atomic E-state index is 13.3. The lowest BCUT2D eigenvalue weighted by Crippen LogP contribution is -2.49. The minimum atomic E-state index is -3.75. The molecule has 140 valence electrons. The molecule has 0 saturated heterocycles. The van der Waals surface area contributed by atoms with Crippen molar-refractivity contribution in [1.82, 2.24) is 4.31 Å². The van der Waals surface area contributed by atoms with Crippen molar-refractivity contribution in [2.24, 2.45) is 17.8 Å². The Balaban J connectivity index is 2.01. The predicted octanol–water partition coefficient (Wildman–Crippen LogP) is 2.93. The van der Waals surface area contributed by atoms with Gasteiger partial charge in [0.2, 0.25) is 10.0 Å². The van der Waals surface area contributed by atoms with Crippen molar-refractivity contribution in [2.45, 2.75) is 31.2 Å². The smallest absolute Gasteiger partial charge is 0.311 e. The number of hydrogen-bond donors (Lipinski definition) is 0. The number of sulfonamides is 1. The van der Waals surface area contributed by atoms with Crippen molar-refractivity contribution in [3.8, 4) is 0 Å². The summed E-state index contributed by atoms with van der Waals surface area (Å²) in [6, 6.07) is 6.35. The molecule has 26 heavy (non-hydrogen) atoms. The molecule has 2 aliphatic carbocycles. The molecule has 3 rings (SSSR count). The van der Waals surface area contributed by atoms with E-state index in [1.165, 1.54) is 4.31 Å². The summed E-state index contributed by atoms with van der Waals surface area (Å²) in [4.78, 5) is 12.8. The molecule has 0 unspecified atom stereocenters. The molecule has 0 N–H and O–H groups in total. The van der Waals surface area contributed by atoms with Crippen LogP contribution in [0.5, 0.6) is 0 Å². The average molecular weight is 375 g/mol. The lowest BCUT2D eigenvalue weighted by Gasteiger charge is -2.35. The largest absolute Gasteiger partial charge is 0.466 e. The fraction of sp³-hybridized carbons (Fsp3) is 0.450. The number of carbonyl (C=O) groups excluding carboxylic acids is 1. The molecule has 0 aromatic heterocycles. The molecule has 1 aromatic rings. The second-order valence-corrected chi connectivity index (χ2v) is 8.78. The van der Waals surface area contributed by atoms with E-state index >= 15 is 0 Å². The Kier molecular flexibility index (Phi) is 5.34. The maximum Gasteiger partial charge on any atom is 0.311 e. The van der Waals surface area contributed by atoms with Crippen LogP contribution >= 0.6 is 0 Å². The SMILES string of the molecule is C=CCN([C@H]1[C@H](C(=O)OCC)[C@H]2C=C[C@@H]1C2)S(=O)(=O)c1ccc(C)cc1. The molecule has 0 amide bonds. The van der Waals surface area contributed by atoms with Crippen molar-refractivity contribution >= 4 is 16.0 Å². The normalized spacial score (nSPS) is 27.0. The summed E-state index contributed by atoms with van der Waals surface area (Å²) in [5.74, 6) is -0.730. The van der Waals surface area contributed by atoms with E-state index in [0.717, 1.165) is 12.0 Å². The van der Waals surface area contributed by atoms with E-state index in [0.29, 0.717) is 0 Å². The Hall–Kier alpha value is -1.92. The Morgan fingerprint density at radius 1 is 1.27 bits per heavy atom. The highest BCUT2D eigenvalue weighted by Crippen LogP contribution is 2.47. The second-order valence-electron chi connectivity index (χ2n) is 6.89. The lowest BCUT2D eigenvalue weighted by atomic mass is 9.89. The van der Waals surface area contributed by atoms with Gasteiger partial charge in [-0.15, -0.1) is 6.58 Å². The third kappa shape index (κ3) is 3.23. The van der Waals surface area contributed by atoms with E-state index in [1.807, 2.05) is 19.1 Å². The molecule has 0 heterocycles. The van der Waals surface area contributed by atoms with Crippen LogP contribution < -0.4 is 0 Å². The van der Waals surface area contributed by atoms with Crippen molar-refractivity contribution in [3.05, 3.63) is 54.6 Å². The summed E-state index contributed by atoms with van der Waals surface area (Å²) in [5, 5.41) is 0. The minimum Gasteiger partial charge on any atom is -0.466 e.